The maximum atomic E-state index is 13.4. The van der Waals surface area contributed by atoms with E-state index in [1.165, 1.54) is 30.3 Å². The Balaban J connectivity index is 1.80. The predicted octanol–water partition coefficient (Wildman–Crippen LogP) is 2.33. The maximum absolute atomic E-state index is 13.4. The molecule has 0 saturated carbocycles. The van der Waals surface area contributed by atoms with E-state index in [1.807, 2.05) is 6.07 Å². The van der Waals surface area contributed by atoms with Crippen LogP contribution in [0, 0.1) is 30.0 Å². The molecule has 1 fully saturated rings. The zero-order chi connectivity index (χ0) is 25.4. The molecule has 1 aromatic carbocycles. The summed E-state index contributed by atoms with van der Waals surface area (Å²) in [6.07, 6.45) is 3.53. The van der Waals surface area contributed by atoms with Crippen molar-refractivity contribution in [1.29, 1.82) is 5.26 Å². The van der Waals surface area contributed by atoms with Gasteiger partial charge in [-0.2, -0.15) is 5.26 Å². The van der Waals surface area contributed by atoms with Crippen LogP contribution in [0.25, 0.3) is 0 Å². The molecular weight excluding hydrogens is 453 g/mol. The minimum atomic E-state index is -1.02. The first-order valence-corrected chi connectivity index (χ1v) is 11.4. The number of nitrogens with zero attached hydrogens (tertiary/aromatic N) is 2. The lowest BCUT2D eigenvalue weighted by Crippen LogP contribution is -2.51. The Labute approximate surface area is 202 Å². The molecule has 0 bridgehead atoms. The summed E-state index contributed by atoms with van der Waals surface area (Å²) in [5.41, 5.74) is 1.05. The van der Waals surface area contributed by atoms with Crippen LogP contribution in [0.3, 0.4) is 0 Å². The van der Waals surface area contributed by atoms with Gasteiger partial charge in [0.05, 0.1) is 6.07 Å². The average molecular weight is 482 g/mol. The molecule has 3 amide bonds. The van der Waals surface area contributed by atoms with Crippen molar-refractivity contribution >= 4 is 17.7 Å². The van der Waals surface area contributed by atoms with E-state index in [9.17, 15) is 24.0 Å². The van der Waals surface area contributed by atoms with E-state index in [-0.39, 0.29) is 23.9 Å². The van der Waals surface area contributed by atoms with Gasteiger partial charge >= 0.3 is 0 Å². The van der Waals surface area contributed by atoms with Gasteiger partial charge in [-0.15, -0.1) is 0 Å². The fourth-order valence-corrected chi connectivity index (χ4v) is 3.93. The lowest BCUT2D eigenvalue weighted by atomic mass is 9.90. The summed E-state index contributed by atoms with van der Waals surface area (Å²) in [5, 5.41) is 21.3. The van der Waals surface area contributed by atoms with E-state index in [2.05, 4.69) is 21.1 Å². The molecule has 1 aliphatic rings. The van der Waals surface area contributed by atoms with E-state index in [0.29, 0.717) is 36.3 Å². The molecule has 9 nitrogen and oxygen atoms in total. The second kappa shape index (κ2) is 11.9. The second-order valence-electron chi connectivity index (χ2n) is 8.62. The summed E-state index contributed by atoms with van der Waals surface area (Å²) in [7, 11) is 0. The highest BCUT2D eigenvalue weighted by Gasteiger charge is 2.29. The van der Waals surface area contributed by atoms with E-state index in [0.717, 1.165) is 6.42 Å². The van der Waals surface area contributed by atoms with Crippen molar-refractivity contribution < 1.29 is 23.3 Å². The Morgan fingerprint density at radius 2 is 2.09 bits per heavy atom. The van der Waals surface area contributed by atoms with Crippen molar-refractivity contribution in [3.05, 3.63) is 64.8 Å². The molecule has 2 heterocycles. The van der Waals surface area contributed by atoms with Crippen LogP contribution in [0.5, 0.6) is 0 Å². The van der Waals surface area contributed by atoms with Crippen molar-refractivity contribution in [2.75, 3.05) is 6.54 Å². The summed E-state index contributed by atoms with van der Waals surface area (Å²) in [6.45, 7) is 3.87. The lowest BCUT2D eigenvalue weighted by molar-refractivity contribution is -0.128. The number of amides is 3. The highest BCUT2D eigenvalue weighted by Crippen LogP contribution is 2.19. The largest absolute Gasteiger partial charge is 0.361 e. The van der Waals surface area contributed by atoms with Crippen LogP contribution in [0.4, 0.5) is 4.39 Å². The van der Waals surface area contributed by atoms with Gasteiger partial charge in [-0.25, -0.2) is 4.39 Å². The van der Waals surface area contributed by atoms with Crippen LogP contribution in [0.2, 0.25) is 0 Å². The number of hydrogen-bond donors (Lipinski definition) is 3. The summed E-state index contributed by atoms with van der Waals surface area (Å²) < 4.78 is 18.3. The second-order valence-corrected chi connectivity index (χ2v) is 8.62. The maximum Gasteiger partial charge on any atom is 0.274 e. The Morgan fingerprint density at radius 3 is 2.71 bits per heavy atom. The van der Waals surface area contributed by atoms with E-state index < -0.39 is 29.7 Å². The standard InChI is InChI=1S/C25H28FN5O4/c1-15(14-27)10-20(13-18-4-3-9-28-23(18)32)29-24(33)21(12-17-5-7-19(26)8-6-17)30-25(34)22-11-16(2)35-31-22/h5-8,10-11,18,20-21H,3-4,9,12-13H2,1-2H3,(H,28,32)(H,29,33)(H,30,34)/t18-,20+,21-/m0/s1. The zero-order valence-corrected chi connectivity index (χ0v) is 19.6. The first-order chi connectivity index (χ1) is 16.7. The number of benzene rings is 1. The number of nitrogens with one attached hydrogen (secondary N) is 3. The molecule has 3 rings (SSSR count). The summed E-state index contributed by atoms with van der Waals surface area (Å²) in [5.74, 6) is -1.48. The van der Waals surface area contributed by atoms with E-state index in [4.69, 9.17) is 4.52 Å². The smallest absolute Gasteiger partial charge is 0.274 e. The molecule has 0 aliphatic carbocycles. The minimum absolute atomic E-state index is 0.0232. The van der Waals surface area contributed by atoms with Gasteiger partial charge in [0.15, 0.2) is 5.69 Å². The fourth-order valence-electron chi connectivity index (χ4n) is 3.93. The van der Waals surface area contributed by atoms with Gasteiger partial charge in [-0.1, -0.05) is 17.3 Å². The summed E-state index contributed by atoms with van der Waals surface area (Å²) >= 11 is 0. The molecule has 0 radical (unpaired) electrons. The Kier molecular flexibility index (Phi) is 8.73. The summed E-state index contributed by atoms with van der Waals surface area (Å²) in [6, 6.07) is 7.47. The van der Waals surface area contributed by atoms with Gasteiger partial charge in [0.25, 0.3) is 5.91 Å². The molecule has 2 aromatic rings. The molecular formula is C25H28FN5O4. The van der Waals surface area contributed by atoms with Gasteiger partial charge in [0.1, 0.15) is 17.6 Å². The van der Waals surface area contributed by atoms with Gasteiger partial charge < -0.3 is 20.5 Å². The van der Waals surface area contributed by atoms with Crippen molar-refractivity contribution in [2.24, 2.45) is 5.92 Å². The SMILES string of the molecule is CC(C#N)=C[C@H](C[C@@H]1CCCNC1=O)NC(=O)[C@H](Cc1ccc(F)cc1)NC(=O)c1cc(C)on1. The highest BCUT2D eigenvalue weighted by molar-refractivity contribution is 5.96. The number of aryl methyl sites for hydroxylation is 1. The van der Waals surface area contributed by atoms with Crippen LogP contribution < -0.4 is 16.0 Å². The summed E-state index contributed by atoms with van der Waals surface area (Å²) in [4.78, 5) is 38.3. The van der Waals surface area contributed by atoms with Gasteiger partial charge in [0.2, 0.25) is 11.8 Å². The average Bonchev–Trinajstić information content (AvgIpc) is 3.27. The number of aromatic nitrogens is 1. The number of rotatable bonds is 9. The van der Waals surface area contributed by atoms with Crippen LogP contribution >= 0.6 is 0 Å². The number of carbonyl (C=O) groups is 3. The monoisotopic (exact) mass is 481 g/mol. The number of hydrogen-bond acceptors (Lipinski definition) is 6. The Hall–Kier alpha value is -4.00. The molecule has 0 unspecified atom stereocenters. The molecule has 0 spiro atoms. The van der Waals surface area contributed by atoms with Crippen LogP contribution in [0.1, 0.15) is 48.0 Å². The fraction of sp³-hybridized carbons (Fsp3) is 0.400. The minimum Gasteiger partial charge on any atom is -0.361 e. The van der Waals surface area contributed by atoms with Crippen molar-refractivity contribution in [3.63, 3.8) is 0 Å². The third-order valence-corrected chi connectivity index (χ3v) is 5.73. The molecule has 1 aromatic heterocycles. The first-order valence-electron chi connectivity index (χ1n) is 11.4. The molecule has 3 N–H and O–H groups in total. The molecule has 10 heteroatoms. The molecule has 184 valence electrons. The number of piperidine rings is 1. The van der Waals surface area contributed by atoms with Crippen molar-refractivity contribution in [2.45, 2.75) is 51.6 Å². The number of carbonyl (C=O) groups excluding carboxylic acids is 3. The highest BCUT2D eigenvalue weighted by atomic mass is 19.1. The molecule has 1 aliphatic heterocycles. The zero-order valence-electron chi connectivity index (χ0n) is 19.6. The lowest BCUT2D eigenvalue weighted by Gasteiger charge is -2.27. The quantitative estimate of drug-likeness (QED) is 0.470. The Bertz CT molecular complexity index is 1140. The van der Waals surface area contributed by atoms with E-state index >= 15 is 0 Å². The van der Waals surface area contributed by atoms with Gasteiger partial charge in [-0.3, -0.25) is 14.4 Å². The third kappa shape index (κ3) is 7.50. The van der Waals surface area contributed by atoms with Crippen molar-refractivity contribution in [3.8, 4) is 6.07 Å². The number of nitriles is 1. The van der Waals surface area contributed by atoms with E-state index in [1.54, 1.807) is 19.9 Å². The normalized spacial score (nSPS) is 17.6. The predicted molar refractivity (Wildman–Crippen MR) is 124 cm³/mol. The number of halogens is 1. The van der Waals surface area contributed by atoms with Gasteiger partial charge in [-0.05, 0) is 56.9 Å². The van der Waals surface area contributed by atoms with Crippen LogP contribution in [-0.2, 0) is 16.0 Å². The van der Waals surface area contributed by atoms with Gasteiger partial charge in [0, 0.05) is 36.6 Å². The number of allylic oxidation sites excluding steroid dienone is 1. The third-order valence-electron chi connectivity index (χ3n) is 5.73. The molecule has 35 heavy (non-hydrogen) atoms. The van der Waals surface area contributed by atoms with Crippen LogP contribution in [-0.4, -0.2) is 41.5 Å². The molecule has 3 atom stereocenters. The Morgan fingerprint density at radius 1 is 1.34 bits per heavy atom. The molecule has 1 saturated heterocycles. The topological polar surface area (TPSA) is 137 Å². The van der Waals surface area contributed by atoms with Crippen LogP contribution in [0.15, 0.2) is 46.5 Å². The first kappa shape index (κ1) is 25.6. The van der Waals surface area contributed by atoms with Crippen molar-refractivity contribution in [1.82, 2.24) is 21.1 Å².